The normalized spacial score (nSPS) is 18.1. The van der Waals surface area contributed by atoms with Gasteiger partial charge in [-0.15, -0.1) is 0 Å². The van der Waals surface area contributed by atoms with Crippen molar-refractivity contribution in [2.75, 3.05) is 19.8 Å². The van der Waals surface area contributed by atoms with E-state index in [1.165, 1.54) is 244 Å². The van der Waals surface area contributed by atoms with E-state index < -0.39 is 49.5 Å². The summed E-state index contributed by atoms with van der Waals surface area (Å²) in [5.41, 5.74) is 0. The van der Waals surface area contributed by atoms with Crippen LogP contribution in [0.2, 0.25) is 0 Å². The summed E-state index contributed by atoms with van der Waals surface area (Å²) in [7, 11) is 0. The first-order chi connectivity index (χ1) is 43.7. The van der Waals surface area contributed by atoms with Crippen LogP contribution in [0.1, 0.15) is 348 Å². The van der Waals surface area contributed by atoms with Gasteiger partial charge in [-0.2, -0.15) is 0 Å². The highest BCUT2D eigenvalue weighted by atomic mass is 16.7. The Morgan fingerprint density at radius 1 is 0.427 bits per heavy atom. The van der Waals surface area contributed by atoms with E-state index in [9.17, 15) is 35.1 Å². The summed E-state index contributed by atoms with van der Waals surface area (Å²) in [6.07, 6.45) is 80.9. The summed E-state index contributed by atoms with van der Waals surface area (Å²) in [4.78, 5) is 25.1. The molecule has 7 unspecified atom stereocenters. The fourth-order valence-corrected chi connectivity index (χ4v) is 11.6. The van der Waals surface area contributed by atoms with E-state index in [2.05, 4.69) is 79.9 Å². The number of ether oxygens (including phenoxy) is 3. The van der Waals surface area contributed by atoms with E-state index in [-0.39, 0.29) is 18.5 Å². The predicted octanol–water partition coefficient (Wildman–Crippen LogP) is 19.9. The molecule has 11 nitrogen and oxygen atoms in total. The van der Waals surface area contributed by atoms with Gasteiger partial charge in [0.2, 0.25) is 5.91 Å². The van der Waals surface area contributed by atoms with Gasteiger partial charge in [0.25, 0.3) is 0 Å². The molecule has 1 aliphatic heterocycles. The number of carbonyl (C=O) groups is 2. The molecule has 518 valence electrons. The molecule has 0 spiro atoms. The standard InChI is InChI=1S/C78H141NO10/c1-3-5-7-9-11-13-15-46-50-54-58-62-66-74(83)87-67-63-59-55-51-47-44-42-40-38-36-34-32-30-28-26-24-22-20-18-16-17-19-21-23-25-27-29-31-33-35-37-39-41-43-45-49-53-57-61-65-73(82)79-70(69-88-78-77(86)76(85)75(84)72(68-80)89-78)71(81)64-60-56-52-48-14-12-10-8-6-4-2/h6,8,11,13-14,16-17,20,22,48,60,64,70-72,75-78,80-81,84-86H,3-5,7,9-10,12,15,18-19,21,23-47,49-59,61-63,65-69H2,1-2H3,(H,79,82)/b8-6+,13-11-,17-16-,22-20-,48-14+,64-60+. The average molecular weight is 1250 g/mol. The minimum atomic E-state index is -1.58. The molecule has 0 aromatic rings. The number of hydrogen-bond donors (Lipinski definition) is 6. The van der Waals surface area contributed by atoms with Gasteiger partial charge in [-0.1, -0.05) is 299 Å². The van der Waals surface area contributed by atoms with Gasteiger partial charge in [0.15, 0.2) is 6.29 Å². The van der Waals surface area contributed by atoms with Crippen LogP contribution in [0.15, 0.2) is 72.9 Å². The molecule has 0 bridgehead atoms. The van der Waals surface area contributed by atoms with Crippen LogP contribution in [0.5, 0.6) is 0 Å². The van der Waals surface area contributed by atoms with Crippen molar-refractivity contribution in [3.63, 3.8) is 0 Å². The average Bonchev–Trinajstić information content (AvgIpc) is 2.81. The number of carbonyl (C=O) groups excluding carboxylic acids is 2. The maximum Gasteiger partial charge on any atom is 0.305 e. The molecule has 0 aromatic carbocycles. The van der Waals surface area contributed by atoms with Crippen molar-refractivity contribution in [1.82, 2.24) is 5.32 Å². The molecule has 1 saturated heterocycles. The molecule has 1 heterocycles. The fraction of sp³-hybridized carbons (Fsp3) is 0.821. The smallest absolute Gasteiger partial charge is 0.305 e. The first kappa shape index (κ1) is 84.1. The maximum absolute atomic E-state index is 13.0. The highest BCUT2D eigenvalue weighted by Crippen LogP contribution is 2.23. The molecule has 11 heteroatoms. The second-order valence-electron chi connectivity index (χ2n) is 25.9. The topological polar surface area (TPSA) is 175 Å². The number of aliphatic hydroxyl groups excluding tert-OH is 5. The van der Waals surface area contributed by atoms with Gasteiger partial charge in [0, 0.05) is 12.8 Å². The van der Waals surface area contributed by atoms with Crippen molar-refractivity contribution in [2.24, 2.45) is 0 Å². The zero-order chi connectivity index (χ0) is 64.4. The molecular weight excluding hydrogens is 1110 g/mol. The van der Waals surface area contributed by atoms with E-state index in [0.29, 0.717) is 19.4 Å². The van der Waals surface area contributed by atoms with Crippen LogP contribution in [0.25, 0.3) is 0 Å². The van der Waals surface area contributed by atoms with Gasteiger partial charge in [-0.05, 0) is 109 Å². The maximum atomic E-state index is 13.0. The zero-order valence-electron chi connectivity index (χ0n) is 57.6. The first-order valence-electron chi connectivity index (χ1n) is 37.7. The molecule has 0 aliphatic carbocycles. The Labute approximate surface area is 547 Å². The third kappa shape index (κ3) is 55.3. The molecule has 0 saturated carbocycles. The molecule has 1 amide bonds. The first-order valence-corrected chi connectivity index (χ1v) is 37.7. The Morgan fingerprint density at radius 2 is 0.798 bits per heavy atom. The number of aliphatic hydroxyl groups is 5. The second-order valence-corrected chi connectivity index (χ2v) is 25.9. The second kappa shape index (κ2) is 66.6. The number of esters is 1. The van der Waals surface area contributed by atoms with E-state index in [0.717, 1.165) is 77.0 Å². The number of rotatable bonds is 66. The number of unbranched alkanes of at least 4 members (excludes halogenated alkanes) is 42. The Morgan fingerprint density at radius 3 is 1.24 bits per heavy atom. The van der Waals surface area contributed by atoms with Crippen LogP contribution < -0.4 is 5.32 Å². The van der Waals surface area contributed by atoms with Crippen molar-refractivity contribution >= 4 is 11.9 Å². The molecular formula is C78H141NO10. The molecule has 6 N–H and O–H groups in total. The van der Waals surface area contributed by atoms with E-state index in [4.69, 9.17) is 14.2 Å². The number of amides is 1. The number of hydrogen-bond acceptors (Lipinski definition) is 10. The molecule has 89 heavy (non-hydrogen) atoms. The lowest BCUT2D eigenvalue weighted by atomic mass is 9.99. The summed E-state index contributed by atoms with van der Waals surface area (Å²) in [5.74, 6) is -0.191. The highest BCUT2D eigenvalue weighted by Gasteiger charge is 2.44. The third-order valence-electron chi connectivity index (χ3n) is 17.5. The largest absolute Gasteiger partial charge is 0.466 e. The molecule has 0 aromatic heterocycles. The van der Waals surface area contributed by atoms with E-state index >= 15 is 0 Å². The zero-order valence-corrected chi connectivity index (χ0v) is 57.6. The van der Waals surface area contributed by atoms with Crippen molar-refractivity contribution in [2.45, 2.75) is 391 Å². The minimum Gasteiger partial charge on any atom is -0.466 e. The summed E-state index contributed by atoms with van der Waals surface area (Å²) >= 11 is 0. The van der Waals surface area contributed by atoms with Crippen LogP contribution in [-0.4, -0.2) is 100 Å². The molecule has 1 aliphatic rings. The van der Waals surface area contributed by atoms with Crippen LogP contribution in [0, 0.1) is 0 Å². The molecule has 1 rings (SSSR count). The summed E-state index contributed by atoms with van der Waals surface area (Å²) in [5, 5.41) is 54.3. The summed E-state index contributed by atoms with van der Waals surface area (Å²) < 4.78 is 16.7. The lowest BCUT2D eigenvalue weighted by Crippen LogP contribution is -2.60. The van der Waals surface area contributed by atoms with Crippen LogP contribution in [0.3, 0.4) is 0 Å². The SMILES string of the molecule is CC/C=C/CC/C=C/CC/C=C/C(O)C(COC1OC(CO)C(O)C(O)C1O)NC(=O)CCCCCCCCCCCCCCCCCCC/C=C\C/C=C\CCCCCCCCCCCCCCCCCOC(=O)CCCCCCC/C=C\CCCCC. The Hall–Kier alpha value is -2.90. The quantitative estimate of drug-likeness (QED) is 0.0195. The Kier molecular flexibility index (Phi) is 62.9. The van der Waals surface area contributed by atoms with Crippen LogP contribution in [-0.2, 0) is 23.8 Å². The lowest BCUT2D eigenvalue weighted by molar-refractivity contribution is -0.302. The van der Waals surface area contributed by atoms with Crippen molar-refractivity contribution in [1.29, 1.82) is 0 Å². The van der Waals surface area contributed by atoms with Crippen molar-refractivity contribution < 1.29 is 49.3 Å². The van der Waals surface area contributed by atoms with Gasteiger partial charge in [0.05, 0.1) is 32.0 Å². The van der Waals surface area contributed by atoms with Crippen LogP contribution >= 0.6 is 0 Å². The predicted molar refractivity (Wildman–Crippen MR) is 375 cm³/mol. The third-order valence-corrected chi connectivity index (χ3v) is 17.5. The monoisotopic (exact) mass is 1250 g/mol. The molecule has 0 radical (unpaired) electrons. The van der Waals surface area contributed by atoms with Crippen LogP contribution in [0.4, 0.5) is 0 Å². The minimum absolute atomic E-state index is 0.00389. The van der Waals surface area contributed by atoms with Gasteiger partial charge >= 0.3 is 5.97 Å². The summed E-state index contributed by atoms with van der Waals surface area (Å²) in [6, 6.07) is -0.832. The summed E-state index contributed by atoms with van der Waals surface area (Å²) in [6.45, 7) is 4.20. The van der Waals surface area contributed by atoms with Crippen molar-refractivity contribution in [3.8, 4) is 0 Å². The van der Waals surface area contributed by atoms with E-state index in [1.54, 1.807) is 6.08 Å². The van der Waals surface area contributed by atoms with E-state index in [1.807, 2.05) is 6.08 Å². The van der Waals surface area contributed by atoms with Gasteiger partial charge in [-0.3, -0.25) is 9.59 Å². The van der Waals surface area contributed by atoms with Gasteiger partial charge in [-0.25, -0.2) is 0 Å². The van der Waals surface area contributed by atoms with Gasteiger partial charge in [0.1, 0.15) is 24.4 Å². The van der Waals surface area contributed by atoms with Gasteiger partial charge < -0.3 is 45.1 Å². The Balaban J connectivity index is 1.90. The molecule has 1 fully saturated rings. The highest BCUT2D eigenvalue weighted by molar-refractivity contribution is 5.76. The molecule has 7 atom stereocenters. The number of nitrogens with one attached hydrogen (secondary N) is 1. The Bertz CT molecular complexity index is 1710. The lowest BCUT2D eigenvalue weighted by Gasteiger charge is -2.40. The fourth-order valence-electron chi connectivity index (χ4n) is 11.6. The number of allylic oxidation sites excluding steroid dienone is 11. The van der Waals surface area contributed by atoms with Crippen molar-refractivity contribution in [3.05, 3.63) is 72.9 Å².